The van der Waals surface area contributed by atoms with Crippen molar-refractivity contribution in [2.24, 2.45) is 0 Å². The molecule has 1 fully saturated rings. The van der Waals surface area contributed by atoms with Gasteiger partial charge in [-0.2, -0.15) is 0 Å². The number of likely N-dealkylation sites (tertiary alicyclic amines) is 1. The average molecular weight is 393 g/mol. The van der Waals surface area contributed by atoms with Crippen molar-refractivity contribution in [1.29, 1.82) is 0 Å². The molecule has 0 atom stereocenters. The molecule has 0 radical (unpaired) electrons. The molecule has 5 rings (SSSR count). The predicted octanol–water partition coefficient (Wildman–Crippen LogP) is 4.26. The molecule has 3 heterocycles. The van der Waals surface area contributed by atoms with Gasteiger partial charge in [-0.15, -0.1) is 0 Å². The highest BCUT2D eigenvalue weighted by Gasteiger charge is 2.40. The summed E-state index contributed by atoms with van der Waals surface area (Å²) >= 11 is 5.85. The summed E-state index contributed by atoms with van der Waals surface area (Å²) in [5, 5.41) is 0.564. The zero-order chi connectivity index (χ0) is 19.1. The van der Waals surface area contributed by atoms with E-state index in [0.717, 1.165) is 22.6 Å². The first-order valence-electron chi connectivity index (χ1n) is 9.12. The number of benzene rings is 2. The number of aromatic nitrogens is 1. The molecule has 6 heteroatoms. The molecule has 5 nitrogen and oxygen atoms in total. The Bertz CT molecular complexity index is 986. The maximum atomic E-state index is 13.3. The smallest absolute Gasteiger partial charge is 0.235 e. The number of hydrogen-bond donors (Lipinski definition) is 0. The fraction of sp³-hybridized carbons (Fsp3) is 0.182. The Morgan fingerprint density at radius 1 is 1.00 bits per heavy atom. The number of fused-ring (bicyclic) bond motifs is 2. The van der Waals surface area contributed by atoms with Crippen molar-refractivity contribution in [1.82, 2.24) is 9.88 Å². The highest BCUT2D eigenvalue weighted by atomic mass is 35.5. The lowest BCUT2D eigenvalue weighted by atomic mass is 9.86. The van der Waals surface area contributed by atoms with Gasteiger partial charge in [-0.3, -0.25) is 4.79 Å². The summed E-state index contributed by atoms with van der Waals surface area (Å²) in [6, 6.07) is 18.9. The van der Waals surface area contributed by atoms with E-state index in [1.165, 1.54) is 0 Å². The third-order valence-electron chi connectivity index (χ3n) is 5.07. The number of pyridine rings is 1. The van der Waals surface area contributed by atoms with Gasteiger partial charge in [0.15, 0.2) is 0 Å². The molecule has 1 amide bonds. The van der Waals surface area contributed by atoms with Crippen LogP contribution < -0.4 is 9.47 Å². The first-order chi connectivity index (χ1) is 13.7. The number of halogens is 1. The number of carbonyl (C=O) groups is 1. The van der Waals surface area contributed by atoms with E-state index in [4.69, 9.17) is 21.1 Å². The molecule has 2 aliphatic heterocycles. The Morgan fingerprint density at radius 2 is 1.64 bits per heavy atom. The molecule has 0 N–H and O–H groups in total. The van der Waals surface area contributed by atoms with Crippen molar-refractivity contribution in [3.8, 4) is 17.4 Å². The molecule has 140 valence electrons. The third kappa shape index (κ3) is 2.98. The number of carbonyl (C=O) groups excluding carboxylic acids is 1. The second-order valence-corrected chi connectivity index (χ2v) is 7.34. The van der Waals surface area contributed by atoms with Crippen LogP contribution in [0, 0.1) is 0 Å². The number of para-hydroxylation sites is 2. The topological polar surface area (TPSA) is 51.7 Å². The third-order valence-corrected chi connectivity index (χ3v) is 5.30. The minimum Gasteiger partial charge on any atom is -0.471 e. The summed E-state index contributed by atoms with van der Waals surface area (Å²) in [7, 11) is 0. The van der Waals surface area contributed by atoms with Crippen LogP contribution >= 0.6 is 11.6 Å². The van der Waals surface area contributed by atoms with Crippen LogP contribution in [0.1, 0.15) is 17.0 Å². The van der Waals surface area contributed by atoms with Crippen LogP contribution in [-0.4, -0.2) is 35.0 Å². The van der Waals surface area contributed by atoms with E-state index < -0.39 is 0 Å². The molecule has 0 aliphatic carbocycles. The van der Waals surface area contributed by atoms with Crippen LogP contribution in [0.5, 0.6) is 17.4 Å². The molecule has 0 spiro atoms. The van der Waals surface area contributed by atoms with Crippen LogP contribution in [0.4, 0.5) is 0 Å². The van der Waals surface area contributed by atoms with Crippen LogP contribution in [0.15, 0.2) is 66.9 Å². The predicted molar refractivity (Wildman–Crippen MR) is 105 cm³/mol. The van der Waals surface area contributed by atoms with Crippen molar-refractivity contribution >= 4 is 17.5 Å². The van der Waals surface area contributed by atoms with Gasteiger partial charge >= 0.3 is 0 Å². The molecule has 0 bridgehead atoms. The average Bonchev–Trinajstić information content (AvgIpc) is 2.69. The zero-order valence-corrected chi connectivity index (χ0v) is 15.7. The summed E-state index contributed by atoms with van der Waals surface area (Å²) in [5.74, 6) is 1.68. The summed E-state index contributed by atoms with van der Waals surface area (Å²) in [5.41, 5.74) is 1.80. The van der Waals surface area contributed by atoms with Gasteiger partial charge in [-0.25, -0.2) is 4.98 Å². The molecule has 28 heavy (non-hydrogen) atoms. The van der Waals surface area contributed by atoms with Gasteiger partial charge in [-0.05, 0) is 18.2 Å². The second-order valence-electron chi connectivity index (χ2n) is 6.91. The van der Waals surface area contributed by atoms with Crippen molar-refractivity contribution in [2.75, 3.05) is 13.1 Å². The molecule has 1 saturated heterocycles. The number of nitrogens with zero attached hydrogens (tertiary/aromatic N) is 2. The summed E-state index contributed by atoms with van der Waals surface area (Å²) in [4.78, 5) is 19.3. The Labute approximate surface area is 167 Å². The molecule has 0 saturated carbocycles. The standard InChI is InChI=1S/C22H17ClN2O3/c23-14-9-10-20(24-11-14)27-15-12-25(13-15)22(26)21-16-5-1-3-7-18(16)28-19-8-4-2-6-17(19)21/h1-11,15,21H,12-13H2. The van der Waals surface area contributed by atoms with Gasteiger partial charge in [0.25, 0.3) is 0 Å². The number of rotatable bonds is 3. The van der Waals surface area contributed by atoms with E-state index in [1.54, 1.807) is 18.3 Å². The summed E-state index contributed by atoms with van der Waals surface area (Å²) < 4.78 is 11.8. The SMILES string of the molecule is O=C(C1c2ccccc2Oc2ccccc21)N1CC(Oc2ccc(Cl)cn2)C1. The first kappa shape index (κ1) is 17.1. The van der Waals surface area contributed by atoms with Gasteiger partial charge < -0.3 is 14.4 Å². The molecule has 3 aromatic rings. The molecule has 1 aromatic heterocycles. The summed E-state index contributed by atoms with van der Waals surface area (Å²) in [6.45, 7) is 1.07. The number of amides is 1. The van der Waals surface area contributed by atoms with Gasteiger partial charge in [0.05, 0.1) is 24.0 Å². The molecular weight excluding hydrogens is 376 g/mol. The normalized spacial score (nSPS) is 15.8. The Kier molecular flexibility index (Phi) is 4.17. The quantitative estimate of drug-likeness (QED) is 0.668. The van der Waals surface area contributed by atoms with Gasteiger partial charge in [0.1, 0.15) is 17.6 Å². The first-order valence-corrected chi connectivity index (χ1v) is 9.49. The fourth-order valence-corrected chi connectivity index (χ4v) is 3.77. The molecule has 2 aliphatic rings. The Hall–Kier alpha value is -3.05. The van der Waals surface area contributed by atoms with Gasteiger partial charge in [0, 0.05) is 23.4 Å². The van der Waals surface area contributed by atoms with E-state index >= 15 is 0 Å². The number of ether oxygens (including phenoxy) is 2. The molecular formula is C22H17ClN2O3. The lowest BCUT2D eigenvalue weighted by Gasteiger charge is -2.41. The Morgan fingerprint density at radius 3 is 2.25 bits per heavy atom. The maximum Gasteiger partial charge on any atom is 0.235 e. The maximum absolute atomic E-state index is 13.3. The second kappa shape index (κ2) is 6.84. The van der Waals surface area contributed by atoms with Crippen molar-refractivity contribution in [3.63, 3.8) is 0 Å². The van der Waals surface area contributed by atoms with Crippen molar-refractivity contribution in [3.05, 3.63) is 83.0 Å². The van der Waals surface area contributed by atoms with E-state index in [0.29, 0.717) is 24.0 Å². The lowest BCUT2D eigenvalue weighted by Crippen LogP contribution is -2.57. The van der Waals surface area contributed by atoms with Crippen LogP contribution in [0.2, 0.25) is 5.02 Å². The number of hydrogen-bond acceptors (Lipinski definition) is 4. The fourth-order valence-electron chi connectivity index (χ4n) is 3.65. The minimum atomic E-state index is -0.365. The van der Waals surface area contributed by atoms with Crippen LogP contribution in [-0.2, 0) is 4.79 Å². The zero-order valence-electron chi connectivity index (χ0n) is 14.9. The van der Waals surface area contributed by atoms with Crippen LogP contribution in [0.3, 0.4) is 0 Å². The highest BCUT2D eigenvalue weighted by Crippen LogP contribution is 2.45. The van der Waals surface area contributed by atoms with E-state index in [2.05, 4.69) is 4.98 Å². The molecule has 0 unspecified atom stereocenters. The van der Waals surface area contributed by atoms with Crippen molar-refractivity contribution < 1.29 is 14.3 Å². The summed E-state index contributed by atoms with van der Waals surface area (Å²) in [6.07, 6.45) is 1.48. The van der Waals surface area contributed by atoms with E-state index in [1.807, 2.05) is 53.4 Å². The van der Waals surface area contributed by atoms with E-state index in [-0.39, 0.29) is 17.9 Å². The highest BCUT2D eigenvalue weighted by molar-refractivity contribution is 6.30. The van der Waals surface area contributed by atoms with E-state index in [9.17, 15) is 4.79 Å². The monoisotopic (exact) mass is 392 g/mol. The van der Waals surface area contributed by atoms with Gasteiger partial charge in [-0.1, -0.05) is 48.0 Å². The van der Waals surface area contributed by atoms with Crippen LogP contribution in [0.25, 0.3) is 0 Å². The largest absolute Gasteiger partial charge is 0.471 e. The minimum absolute atomic E-state index is 0.0621. The van der Waals surface area contributed by atoms with Crippen molar-refractivity contribution in [2.45, 2.75) is 12.0 Å². The van der Waals surface area contributed by atoms with Gasteiger partial charge in [0.2, 0.25) is 11.8 Å². The molecule has 2 aromatic carbocycles. The Balaban J connectivity index is 1.34. The lowest BCUT2D eigenvalue weighted by molar-refractivity contribution is -0.140.